The number of benzene rings is 2. The lowest BCUT2D eigenvalue weighted by molar-refractivity contribution is 0.311. The van der Waals surface area contributed by atoms with Crippen molar-refractivity contribution in [2.24, 2.45) is 0 Å². The molecule has 26 heavy (non-hydrogen) atoms. The molecule has 0 bridgehead atoms. The second kappa shape index (κ2) is 9.33. The first-order valence-electron chi connectivity index (χ1n) is 8.50. The van der Waals surface area contributed by atoms with Gasteiger partial charge in [0.25, 0.3) is 0 Å². The van der Waals surface area contributed by atoms with E-state index in [0.29, 0.717) is 37.5 Å². The van der Waals surface area contributed by atoms with Gasteiger partial charge in [-0.25, -0.2) is 0 Å². The summed E-state index contributed by atoms with van der Waals surface area (Å²) in [5, 5.41) is 18.4. The van der Waals surface area contributed by atoms with Crippen LogP contribution < -0.4 is 16.0 Å². The van der Waals surface area contributed by atoms with Crippen molar-refractivity contribution in [2.75, 3.05) is 29.1 Å². The molecule has 0 fully saturated rings. The summed E-state index contributed by atoms with van der Waals surface area (Å²) >= 11 is 0. The molecule has 3 aromatic rings. The van der Waals surface area contributed by atoms with E-state index in [4.69, 9.17) is 5.11 Å². The number of aliphatic hydroxyl groups is 1. The molecule has 1 aromatic heterocycles. The van der Waals surface area contributed by atoms with Crippen molar-refractivity contribution in [3.8, 4) is 0 Å². The van der Waals surface area contributed by atoms with Crippen LogP contribution in [0.1, 0.15) is 11.1 Å². The van der Waals surface area contributed by atoms with Crippen molar-refractivity contribution in [3.63, 3.8) is 0 Å². The van der Waals surface area contributed by atoms with Crippen molar-refractivity contribution in [1.82, 2.24) is 15.0 Å². The summed E-state index contributed by atoms with van der Waals surface area (Å²) in [5.41, 5.74) is 2.27. The maximum Gasteiger partial charge on any atom is 0.229 e. The van der Waals surface area contributed by atoms with Crippen molar-refractivity contribution >= 4 is 17.8 Å². The standard InChI is InChI=1S/C19H22N6O/c26-12-11-20-17-23-18(21-13-15-7-3-1-4-8-15)25-19(24-17)22-14-16-9-5-2-6-10-16/h1-10,26H,11-14H2,(H3,20,21,22,23,24,25). The molecule has 0 saturated heterocycles. The maximum atomic E-state index is 9.01. The van der Waals surface area contributed by atoms with Crippen LogP contribution in [0.15, 0.2) is 60.7 Å². The third kappa shape index (κ3) is 5.42. The topological polar surface area (TPSA) is 95.0 Å². The van der Waals surface area contributed by atoms with E-state index in [1.54, 1.807) is 0 Å². The number of anilines is 3. The first kappa shape index (κ1) is 17.6. The van der Waals surface area contributed by atoms with E-state index >= 15 is 0 Å². The summed E-state index contributed by atoms with van der Waals surface area (Å²) in [6.45, 7) is 1.61. The Balaban J connectivity index is 1.70. The van der Waals surface area contributed by atoms with Gasteiger partial charge in [-0.05, 0) is 11.1 Å². The van der Waals surface area contributed by atoms with E-state index in [1.807, 2.05) is 60.7 Å². The van der Waals surface area contributed by atoms with Crippen molar-refractivity contribution in [3.05, 3.63) is 71.8 Å². The quantitative estimate of drug-likeness (QED) is 0.471. The second-order valence-electron chi connectivity index (χ2n) is 5.63. The Morgan fingerprint density at radius 3 is 1.46 bits per heavy atom. The van der Waals surface area contributed by atoms with E-state index in [-0.39, 0.29) is 6.61 Å². The fourth-order valence-electron chi connectivity index (χ4n) is 2.33. The fraction of sp³-hybridized carbons (Fsp3) is 0.211. The molecule has 0 aliphatic rings. The highest BCUT2D eigenvalue weighted by Crippen LogP contribution is 2.12. The Labute approximate surface area is 152 Å². The summed E-state index contributed by atoms with van der Waals surface area (Å²) in [7, 11) is 0. The fourth-order valence-corrected chi connectivity index (χ4v) is 2.33. The minimum atomic E-state index is 0.00520. The SMILES string of the molecule is OCCNc1nc(NCc2ccccc2)nc(NCc2ccccc2)n1. The van der Waals surface area contributed by atoms with E-state index in [1.165, 1.54) is 0 Å². The van der Waals surface area contributed by atoms with Crippen LogP contribution in [0.3, 0.4) is 0 Å². The van der Waals surface area contributed by atoms with Crippen LogP contribution in [0.4, 0.5) is 17.8 Å². The summed E-state index contributed by atoms with van der Waals surface area (Å²) < 4.78 is 0. The Hall–Kier alpha value is -3.19. The zero-order valence-electron chi connectivity index (χ0n) is 14.4. The molecule has 3 rings (SSSR count). The number of rotatable bonds is 9. The highest BCUT2D eigenvalue weighted by atomic mass is 16.3. The van der Waals surface area contributed by atoms with E-state index in [9.17, 15) is 0 Å². The largest absolute Gasteiger partial charge is 0.395 e. The Morgan fingerprint density at radius 2 is 1.04 bits per heavy atom. The van der Waals surface area contributed by atoms with Crippen LogP contribution in [-0.4, -0.2) is 33.2 Å². The lowest BCUT2D eigenvalue weighted by atomic mass is 10.2. The molecule has 0 saturated carbocycles. The number of nitrogens with one attached hydrogen (secondary N) is 3. The number of hydrogen-bond donors (Lipinski definition) is 4. The molecular weight excluding hydrogens is 328 g/mol. The van der Waals surface area contributed by atoms with E-state index in [0.717, 1.165) is 11.1 Å². The van der Waals surface area contributed by atoms with Crippen LogP contribution in [0, 0.1) is 0 Å². The summed E-state index contributed by atoms with van der Waals surface area (Å²) in [6.07, 6.45) is 0. The predicted octanol–water partition coefficient (Wildman–Crippen LogP) is 2.50. The van der Waals surface area contributed by atoms with Gasteiger partial charge in [0.1, 0.15) is 0 Å². The number of hydrogen-bond acceptors (Lipinski definition) is 7. The molecule has 0 amide bonds. The highest BCUT2D eigenvalue weighted by molar-refractivity contribution is 5.43. The third-order valence-electron chi connectivity index (χ3n) is 3.62. The molecule has 0 spiro atoms. The van der Waals surface area contributed by atoms with Crippen LogP contribution >= 0.6 is 0 Å². The lowest BCUT2D eigenvalue weighted by Gasteiger charge is -2.11. The molecule has 2 aromatic carbocycles. The zero-order valence-corrected chi connectivity index (χ0v) is 14.4. The molecule has 0 unspecified atom stereocenters. The normalized spacial score (nSPS) is 10.3. The van der Waals surface area contributed by atoms with Crippen molar-refractivity contribution < 1.29 is 5.11 Å². The van der Waals surface area contributed by atoms with Gasteiger partial charge < -0.3 is 21.1 Å². The van der Waals surface area contributed by atoms with Gasteiger partial charge in [0, 0.05) is 19.6 Å². The number of nitrogens with zero attached hydrogens (tertiary/aromatic N) is 3. The molecule has 0 aliphatic carbocycles. The first-order valence-corrected chi connectivity index (χ1v) is 8.50. The first-order chi connectivity index (χ1) is 12.8. The predicted molar refractivity (Wildman–Crippen MR) is 103 cm³/mol. The number of aliphatic hydroxyl groups excluding tert-OH is 1. The van der Waals surface area contributed by atoms with Gasteiger partial charge >= 0.3 is 0 Å². The van der Waals surface area contributed by atoms with Crippen molar-refractivity contribution in [1.29, 1.82) is 0 Å². The minimum absolute atomic E-state index is 0.00520. The monoisotopic (exact) mass is 350 g/mol. The minimum Gasteiger partial charge on any atom is -0.395 e. The average molecular weight is 350 g/mol. The van der Waals surface area contributed by atoms with E-state index < -0.39 is 0 Å². The zero-order chi connectivity index (χ0) is 18.0. The number of aromatic nitrogens is 3. The molecule has 7 nitrogen and oxygen atoms in total. The smallest absolute Gasteiger partial charge is 0.229 e. The van der Waals surface area contributed by atoms with Gasteiger partial charge in [-0.2, -0.15) is 15.0 Å². The maximum absolute atomic E-state index is 9.01. The molecule has 0 aliphatic heterocycles. The van der Waals surface area contributed by atoms with Gasteiger partial charge in [0.15, 0.2) is 0 Å². The molecule has 4 N–H and O–H groups in total. The Kier molecular flexibility index (Phi) is 6.33. The Morgan fingerprint density at radius 1 is 0.615 bits per heavy atom. The van der Waals surface area contributed by atoms with Gasteiger partial charge in [-0.1, -0.05) is 60.7 Å². The van der Waals surface area contributed by atoms with Crippen LogP contribution in [0.2, 0.25) is 0 Å². The molecular formula is C19H22N6O. The third-order valence-corrected chi connectivity index (χ3v) is 3.62. The lowest BCUT2D eigenvalue weighted by Crippen LogP contribution is -2.14. The van der Waals surface area contributed by atoms with Gasteiger partial charge in [-0.15, -0.1) is 0 Å². The summed E-state index contributed by atoms with van der Waals surface area (Å²) in [5.74, 6) is 1.36. The van der Waals surface area contributed by atoms with Crippen LogP contribution in [0.25, 0.3) is 0 Å². The van der Waals surface area contributed by atoms with Crippen LogP contribution in [-0.2, 0) is 13.1 Å². The molecule has 0 atom stereocenters. The van der Waals surface area contributed by atoms with E-state index in [2.05, 4.69) is 30.9 Å². The molecule has 7 heteroatoms. The van der Waals surface area contributed by atoms with Crippen LogP contribution in [0.5, 0.6) is 0 Å². The van der Waals surface area contributed by atoms with Crippen molar-refractivity contribution in [2.45, 2.75) is 13.1 Å². The molecule has 0 radical (unpaired) electrons. The van der Waals surface area contributed by atoms with Gasteiger partial charge in [0.05, 0.1) is 6.61 Å². The summed E-state index contributed by atoms with van der Waals surface area (Å²) in [6, 6.07) is 20.1. The highest BCUT2D eigenvalue weighted by Gasteiger charge is 2.06. The van der Waals surface area contributed by atoms with Gasteiger partial charge in [0.2, 0.25) is 17.8 Å². The molecule has 1 heterocycles. The summed E-state index contributed by atoms with van der Waals surface area (Å²) in [4.78, 5) is 13.1. The average Bonchev–Trinajstić information content (AvgIpc) is 2.71. The van der Waals surface area contributed by atoms with Gasteiger partial charge in [-0.3, -0.25) is 0 Å². The Bertz CT molecular complexity index is 736. The molecule has 134 valence electrons. The second-order valence-corrected chi connectivity index (χ2v) is 5.63.